The minimum absolute atomic E-state index is 0.234. The fourth-order valence-corrected chi connectivity index (χ4v) is 3.98. The first-order chi connectivity index (χ1) is 9.60. The van der Waals surface area contributed by atoms with Crippen LogP contribution in [0.2, 0.25) is 0 Å². The molecule has 0 bridgehead atoms. The minimum Gasteiger partial charge on any atom is -0.366 e. The van der Waals surface area contributed by atoms with E-state index in [2.05, 4.69) is 9.62 Å². The number of para-hydroxylation sites is 1. The molecule has 1 aromatic carbocycles. The first-order valence-corrected chi connectivity index (χ1v) is 8.64. The maximum atomic E-state index is 12.4. The molecular weight excluding hydrogens is 274 g/mol. The highest BCUT2D eigenvalue weighted by Gasteiger charge is 2.28. The molecule has 0 aliphatic carbocycles. The van der Waals surface area contributed by atoms with Gasteiger partial charge in [-0.2, -0.15) is 0 Å². The van der Waals surface area contributed by atoms with Crippen LogP contribution >= 0.6 is 0 Å². The number of nitrogens with one attached hydrogen (secondary N) is 1. The topological polar surface area (TPSA) is 75.4 Å². The van der Waals surface area contributed by atoms with Crippen LogP contribution in [0.5, 0.6) is 0 Å². The van der Waals surface area contributed by atoms with Crippen LogP contribution in [0, 0.1) is 0 Å². The highest BCUT2D eigenvalue weighted by molar-refractivity contribution is 7.89. The van der Waals surface area contributed by atoms with Gasteiger partial charge in [-0.05, 0) is 31.4 Å². The van der Waals surface area contributed by atoms with Crippen molar-refractivity contribution in [2.24, 2.45) is 5.73 Å². The van der Waals surface area contributed by atoms with Crippen molar-refractivity contribution >= 4 is 15.7 Å². The van der Waals surface area contributed by atoms with Crippen molar-refractivity contribution < 1.29 is 8.42 Å². The Kier molecular flexibility index (Phi) is 5.01. The highest BCUT2D eigenvalue weighted by Crippen LogP contribution is 2.30. The molecule has 0 aromatic heterocycles. The van der Waals surface area contributed by atoms with Crippen molar-refractivity contribution in [3.8, 4) is 0 Å². The molecule has 3 N–H and O–H groups in total. The summed E-state index contributed by atoms with van der Waals surface area (Å²) >= 11 is 0. The molecule has 0 radical (unpaired) electrons. The van der Waals surface area contributed by atoms with E-state index in [1.165, 1.54) is 0 Å². The first kappa shape index (κ1) is 15.3. The number of hydrogen-bond acceptors (Lipinski definition) is 4. The summed E-state index contributed by atoms with van der Waals surface area (Å²) < 4.78 is 27.4. The van der Waals surface area contributed by atoms with Crippen molar-refractivity contribution in [2.75, 3.05) is 24.5 Å². The molecule has 1 heterocycles. The van der Waals surface area contributed by atoms with Crippen LogP contribution in [0.25, 0.3) is 0 Å². The third-order valence-corrected chi connectivity index (χ3v) is 5.16. The lowest BCUT2D eigenvalue weighted by Gasteiger charge is -2.27. The van der Waals surface area contributed by atoms with Gasteiger partial charge in [-0.1, -0.05) is 19.1 Å². The first-order valence-electron chi connectivity index (χ1n) is 7.15. The largest absolute Gasteiger partial charge is 0.366 e. The van der Waals surface area contributed by atoms with Gasteiger partial charge in [0.1, 0.15) is 4.90 Å². The monoisotopic (exact) mass is 297 g/mol. The molecule has 1 atom stereocenters. The van der Waals surface area contributed by atoms with E-state index in [0.717, 1.165) is 31.5 Å². The number of anilines is 1. The van der Waals surface area contributed by atoms with Gasteiger partial charge >= 0.3 is 0 Å². The fourth-order valence-electron chi connectivity index (χ4n) is 2.63. The van der Waals surface area contributed by atoms with Crippen molar-refractivity contribution in [1.82, 2.24) is 4.72 Å². The summed E-state index contributed by atoms with van der Waals surface area (Å²) in [7, 11) is -3.45. The molecular formula is C14H23N3O2S. The van der Waals surface area contributed by atoms with Crippen LogP contribution in [0.1, 0.15) is 26.2 Å². The molecule has 1 saturated heterocycles. The van der Waals surface area contributed by atoms with Gasteiger partial charge in [-0.3, -0.25) is 0 Å². The van der Waals surface area contributed by atoms with Crippen molar-refractivity contribution in [2.45, 2.75) is 37.1 Å². The van der Waals surface area contributed by atoms with E-state index in [9.17, 15) is 8.42 Å². The average Bonchev–Trinajstić information content (AvgIpc) is 2.93. The highest BCUT2D eigenvalue weighted by atomic mass is 32.2. The van der Waals surface area contributed by atoms with Crippen LogP contribution in [0.4, 0.5) is 5.69 Å². The second-order valence-electron chi connectivity index (χ2n) is 5.09. The Bertz CT molecular complexity index is 545. The SMILES string of the molecule is CCCNS(=O)(=O)c1ccccc1N1CCCC1CN. The van der Waals surface area contributed by atoms with E-state index in [0.29, 0.717) is 18.0 Å². The molecule has 112 valence electrons. The van der Waals surface area contributed by atoms with Crippen LogP contribution < -0.4 is 15.4 Å². The van der Waals surface area contributed by atoms with Crippen LogP contribution in [-0.4, -0.2) is 34.1 Å². The molecule has 2 rings (SSSR count). The third-order valence-electron chi connectivity index (χ3n) is 3.66. The molecule has 1 aliphatic heterocycles. The number of rotatable bonds is 6. The third kappa shape index (κ3) is 3.13. The lowest BCUT2D eigenvalue weighted by molar-refractivity contribution is 0.579. The molecule has 1 aliphatic rings. The molecule has 0 spiro atoms. The standard InChI is InChI=1S/C14H23N3O2S/c1-2-9-16-20(18,19)14-8-4-3-7-13(14)17-10-5-6-12(17)11-15/h3-4,7-8,12,16H,2,5-6,9-11,15H2,1H3. The summed E-state index contributed by atoms with van der Waals surface area (Å²) in [6, 6.07) is 7.41. The Morgan fingerprint density at radius 1 is 1.40 bits per heavy atom. The van der Waals surface area contributed by atoms with Gasteiger partial charge in [-0.25, -0.2) is 13.1 Å². The van der Waals surface area contributed by atoms with Crippen LogP contribution in [0.3, 0.4) is 0 Å². The summed E-state index contributed by atoms with van der Waals surface area (Å²) in [6.45, 7) is 3.81. The molecule has 1 unspecified atom stereocenters. The molecule has 1 aromatic rings. The van der Waals surface area contributed by atoms with Crippen molar-refractivity contribution in [1.29, 1.82) is 0 Å². The number of nitrogens with zero attached hydrogens (tertiary/aromatic N) is 1. The van der Waals surface area contributed by atoms with Gasteiger partial charge in [0.2, 0.25) is 10.0 Å². The van der Waals surface area contributed by atoms with Crippen molar-refractivity contribution in [3.63, 3.8) is 0 Å². The zero-order chi connectivity index (χ0) is 14.6. The molecule has 1 fully saturated rings. The normalized spacial score (nSPS) is 19.5. The molecule has 5 nitrogen and oxygen atoms in total. The average molecular weight is 297 g/mol. The van der Waals surface area contributed by atoms with Crippen molar-refractivity contribution in [3.05, 3.63) is 24.3 Å². The van der Waals surface area contributed by atoms with E-state index >= 15 is 0 Å². The molecule has 0 saturated carbocycles. The van der Waals surface area contributed by atoms with Crippen LogP contribution in [0.15, 0.2) is 29.2 Å². The zero-order valence-electron chi connectivity index (χ0n) is 11.9. The van der Waals surface area contributed by atoms with E-state index in [4.69, 9.17) is 5.73 Å². The van der Waals surface area contributed by atoms with Gasteiger partial charge in [-0.15, -0.1) is 0 Å². The summed E-state index contributed by atoms with van der Waals surface area (Å²) in [5.41, 5.74) is 6.56. The van der Waals surface area contributed by atoms with E-state index in [1.807, 2.05) is 19.1 Å². The Labute approximate surface area is 121 Å². The predicted molar refractivity (Wildman–Crippen MR) is 81.3 cm³/mol. The molecule has 0 amide bonds. The summed E-state index contributed by atoms with van der Waals surface area (Å²) in [4.78, 5) is 2.48. The van der Waals surface area contributed by atoms with Gasteiger partial charge in [0.05, 0.1) is 5.69 Å². The Morgan fingerprint density at radius 3 is 2.85 bits per heavy atom. The number of hydrogen-bond donors (Lipinski definition) is 2. The van der Waals surface area contributed by atoms with E-state index in [-0.39, 0.29) is 6.04 Å². The Balaban J connectivity index is 2.35. The number of benzene rings is 1. The van der Waals surface area contributed by atoms with Gasteiger partial charge in [0.15, 0.2) is 0 Å². The zero-order valence-corrected chi connectivity index (χ0v) is 12.7. The smallest absolute Gasteiger partial charge is 0.242 e. The fraction of sp³-hybridized carbons (Fsp3) is 0.571. The predicted octanol–water partition coefficient (Wildman–Crippen LogP) is 1.30. The Morgan fingerprint density at radius 2 is 2.15 bits per heavy atom. The lowest BCUT2D eigenvalue weighted by Crippen LogP contribution is -2.37. The maximum Gasteiger partial charge on any atom is 0.242 e. The summed E-state index contributed by atoms with van der Waals surface area (Å²) in [6.07, 6.45) is 2.85. The Hall–Kier alpha value is -1.11. The quantitative estimate of drug-likeness (QED) is 0.830. The van der Waals surface area contributed by atoms with E-state index < -0.39 is 10.0 Å². The van der Waals surface area contributed by atoms with Gasteiger partial charge in [0.25, 0.3) is 0 Å². The molecule has 6 heteroatoms. The summed E-state index contributed by atoms with van der Waals surface area (Å²) in [5, 5.41) is 0. The van der Waals surface area contributed by atoms with Gasteiger partial charge in [0, 0.05) is 25.7 Å². The van der Waals surface area contributed by atoms with Gasteiger partial charge < -0.3 is 10.6 Å². The lowest BCUT2D eigenvalue weighted by atomic mass is 10.2. The van der Waals surface area contributed by atoms with Crippen LogP contribution in [-0.2, 0) is 10.0 Å². The minimum atomic E-state index is -3.45. The second-order valence-corrected chi connectivity index (χ2v) is 6.83. The van der Waals surface area contributed by atoms with E-state index in [1.54, 1.807) is 12.1 Å². The second kappa shape index (κ2) is 6.56. The number of sulfonamides is 1. The maximum absolute atomic E-state index is 12.4. The summed E-state index contributed by atoms with van der Waals surface area (Å²) in [5.74, 6) is 0. The number of nitrogens with two attached hydrogens (primary N) is 1. The molecule has 20 heavy (non-hydrogen) atoms.